The van der Waals surface area contributed by atoms with Gasteiger partial charge in [0.05, 0.1) is 29.5 Å². The Bertz CT molecular complexity index is 853. The third-order valence-electron chi connectivity index (χ3n) is 9.80. The van der Waals surface area contributed by atoms with Crippen LogP contribution in [-0.4, -0.2) is 60.8 Å². The first-order chi connectivity index (χ1) is 15.1. The highest BCUT2D eigenvalue weighted by Crippen LogP contribution is 2.65. The number of fused-ring (bicyclic) bond motifs is 5. The molecule has 10 atom stereocenters. The maximum atomic E-state index is 13.2. The summed E-state index contributed by atoms with van der Waals surface area (Å²) in [6.45, 7) is 9.33. The van der Waals surface area contributed by atoms with Crippen LogP contribution in [0.3, 0.4) is 0 Å². The molecule has 33 heavy (non-hydrogen) atoms. The van der Waals surface area contributed by atoms with E-state index in [0.717, 1.165) is 18.4 Å². The van der Waals surface area contributed by atoms with Gasteiger partial charge in [-0.3, -0.25) is 4.79 Å². The quantitative estimate of drug-likeness (QED) is 0.401. The van der Waals surface area contributed by atoms with E-state index in [1.807, 2.05) is 6.08 Å². The van der Waals surface area contributed by atoms with E-state index in [4.69, 9.17) is 0 Å². The predicted molar refractivity (Wildman–Crippen MR) is 125 cm³/mol. The molecular formula is C27H42O6. The summed E-state index contributed by atoms with van der Waals surface area (Å²) in [6, 6.07) is 0. The van der Waals surface area contributed by atoms with Crippen LogP contribution in [-0.2, 0) is 4.79 Å². The van der Waals surface area contributed by atoms with Gasteiger partial charge in [0.1, 0.15) is 0 Å². The van der Waals surface area contributed by atoms with E-state index in [-0.39, 0.29) is 40.3 Å². The molecule has 0 spiro atoms. The molecule has 6 heteroatoms. The Balaban J connectivity index is 1.62. The van der Waals surface area contributed by atoms with E-state index in [0.29, 0.717) is 25.7 Å². The van der Waals surface area contributed by atoms with Gasteiger partial charge in [0.2, 0.25) is 0 Å². The van der Waals surface area contributed by atoms with Gasteiger partial charge in [0.15, 0.2) is 5.78 Å². The average Bonchev–Trinajstić information content (AvgIpc) is 3.06. The molecule has 2 fully saturated rings. The van der Waals surface area contributed by atoms with E-state index in [1.165, 1.54) is 0 Å². The van der Waals surface area contributed by atoms with Crippen molar-refractivity contribution in [3.8, 4) is 0 Å². The second-order valence-electron chi connectivity index (χ2n) is 12.7. The molecular weight excluding hydrogens is 420 g/mol. The van der Waals surface area contributed by atoms with Crippen molar-refractivity contribution in [2.75, 3.05) is 0 Å². The van der Waals surface area contributed by atoms with Gasteiger partial charge in [-0.15, -0.1) is 0 Å². The zero-order chi connectivity index (χ0) is 24.6. The van der Waals surface area contributed by atoms with E-state index in [9.17, 15) is 30.3 Å². The zero-order valence-electron chi connectivity index (χ0n) is 20.7. The van der Waals surface area contributed by atoms with Crippen molar-refractivity contribution in [1.82, 2.24) is 0 Å². The lowest BCUT2D eigenvalue weighted by atomic mass is 9.46. The first-order valence-corrected chi connectivity index (χ1v) is 12.5. The fourth-order valence-corrected chi connectivity index (χ4v) is 7.74. The highest BCUT2D eigenvalue weighted by Gasteiger charge is 2.61. The van der Waals surface area contributed by atoms with E-state index in [1.54, 1.807) is 26.8 Å². The molecule has 0 aromatic rings. The summed E-state index contributed by atoms with van der Waals surface area (Å²) in [5.74, 6) is -0.392. The molecule has 4 aliphatic carbocycles. The molecule has 4 rings (SSSR count). The first-order valence-electron chi connectivity index (χ1n) is 12.5. The molecule has 0 saturated heterocycles. The second-order valence-corrected chi connectivity index (χ2v) is 12.7. The van der Waals surface area contributed by atoms with Crippen LogP contribution in [0.4, 0.5) is 0 Å². The zero-order valence-corrected chi connectivity index (χ0v) is 20.7. The van der Waals surface area contributed by atoms with Gasteiger partial charge in [-0.25, -0.2) is 0 Å². The van der Waals surface area contributed by atoms with Gasteiger partial charge in [-0.2, -0.15) is 0 Å². The van der Waals surface area contributed by atoms with Crippen LogP contribution in [0.15, 0.2) is 23.8 Å². The molecule has 186 valence electrons. The van der Waals surface area contributed by atoms with Crippen molar-refractivity contribution in [3.63, 3.8) is 0 Å². The van der Waals surface area contributed by atoms with Crippen LogP contribution in [0.1, 0.15) is 73.1 Å². The molecule has 0 aromatic heterocycles. The number of hydrogen-bond donors (Lipinski definition) is 5. The highest BCUT2D eigenvalue weighted by atomic mass is 16.3. The van der Waals surface area contributed by atoms with Crippen molar-refractivity contribution in [1.29, 1.82) is 0 Å². The van der Waals surface area contributed by atoms with Gasteiger partial charge in [-0.1, -0.05) is 31.6 Å². The molecule has 0 aromatic carbocycles. The number of carbonyl (C=O) groups is 1. The van der Waals surface area contributed by atoms with Crippen molar-refractivity contribution in [3.05, 3.63) is 23.8 Å². The van der Waals surface area contributed by atoms with Crippen LogP contribution in [0.25, 0.3) is 0 Å². The Morgan fingerprint density at radius 3 is 2.36 bits per heavy atom. The average molecular weight is 463 g/mol. The minimum Gasteiger partial charge on any atom is -0.390 e. The van der Waals surface area contributed by atoms with Crippen LogP contribution in [0.5, 0.6) is 0 Å². The topological polar surface area (TPSA) is 118 Å². The number of allylic oxidation sites excluding steroid dienone is 3. The van der Waals surface area contributed by atoms with Crippen LogP contribution in [0.2, 0.25) is 0 Å². The third kappa shape index (κ3) is 3.96. The lowest BCUT2D eigenvalue weighted by Gasteiger charge is -2.58. The second kappa shape index (κ2) is 7.99. The maximum absolute atomic E-state index is 13.2. The molecule has 3 unspecified atom stereocenters. The minimum absolute atomic E-state index is 0.0140. The Kier molecular flexibility index (Phi) is 6.07. The van der Waals surface area contributed by atoms with Gasteiger partial charge in [0, 0.05) is 17.8 Å². The van der Waals surface area contributed by atoms with Crippen molar-refractivity contribution in [2.45, 2.75) is 103 Å². The predicted octanol–water partition coefficient (Wildman–Crippen LogP) is 2.52. The maximum Gasteiger partial charge on any atom is 0.159 e. The molecule has 0 amide bonds. The lowest BCUT2D eigenvalue weighted by molar-refractivity contribution is -0.148. The Hall–Kier alpha value is -1.05. The Labute approximate surface area is 197 Å². The Morgan fingerprint density at radius 1 is 1.06 bits per heavy atom. The van der Waals surface area contributed by atoms with E-state index < -0.39 is 29.5 Å². The third-order valence-corrected chi connectivity index (χ3v) is 9.80. The molecule has 0 bridgehead atoms. The Morgan fingerprint density at radius 2 is 1.73 bits per heavy atom. The number of ketones is 1. The number of rotatable bonds is 5. The smallest absolute Gasteiger partial charge is 0.159 e. The highest BCUT2D eigenvalue weighted by molar-refractivity contribution is 5.94. The molecule has 0 aliphatic heterocycles. The van der Waals surface area contributed by atoms with Crippen molar-refractivity contribution in [2.24, 2.45) is 34.5 Å². The van der Waals surface area contributed by atoms with Crippen molar-refractivity contribution >= 4 is 5.78 Å². The molecule has 2 saturated carbocycles. The molecule has 5 N–H and O–H groups in total. The molecule has 0 heterocycles. The van der Waals surface area contributed by atoms with Gasteiger partial charge < -0.3 is 25.5 Å². The fraction of sp³-hybridized carbons (Fsp3) is 0.815. The van der Waals surface area contributed by atoms with Gasteiger partial charge >= 0.3 is 0 Å². The van der Waals surface area contributed by atoms with Gasteiger partial charge in [0.25, 0.3) is 0 Å². The monoisotopic (exact) mass is 462 g/mol. The summed E-state index contributed by atoms with van der Waals surface area (Å²) >= 11 is 0. The van der Waals surface area contributed by atoms with E-state index >= 15 is 0 Å². The number of aliphatic hydroxyl groups excluding tert-OH is 3. The largest absolute Gasteiger partial charge is 0.390 e. The van der Waals surface area contributed by atoms with Gasteiger partial charge in [-0.05, 0) is 82.1 Å². The standard InChI is InChI=1S/C27H42O6/c1-24(2,32)10-9-23(31)27(5,33)22-7-6-16-15-12-19(28)18-13-20(29)21(30)14-26(18,4)17(15)8-11-25(16,22)3/h6-7,12,16-18,20-23,29-33H,8-11,13-14H2,1-5H3/t16?,17?,18?,20-,21+,22+,23-,25+,26-,27+/m1/s1. The minimum atomic E-state index is -1.37. The summed E-state index contributed by atoms with van der Waals surface area (Å²) in [4.78, 5) is 13.2. The summed E-state index contributed by atoms with van der Waals surface area (Å²) in [6.07, 6.45) is 6.33. The van der Waals surface area contributed by atoms with Crippen LogP contribution < -0.4 is 0 Å². The summed E-state index contributed by atoms with van der Waals surface area (Å²) in [5, 5.41) is 53.1. The lowest BCUT2D eigenvalue weighted by Crippen LogP contribution is -2.57. The number of carbonyl (C=O) groups excluding carboxylic acids is 1. The van der Waals surface area contributed by atoms with E-state index in [2.05, 4.69) is 19.9 Å². The summed E-state index contributed by atoms with van der Waals surface area (Å²) in [7, 11) is 0. The normalized spacial score (nSPS) is 45.5. The first kappa shape index (κ1) is 25.1. The molecule has 4 aliphatic rings. The van der Waals surface area contributed by atoms with Crippen molar-refractivity contribution < 1.29 is 30.3 Å². The molecule has 0 radical (unpaired) electrons. The van der Waals surface area contributed by atoms with Crippen LogP contribution >= 0.6 is 0 Å². The summed E-state index contributed by atoms with van der Waals surface area (Å²) in [5.41, 5.74) is -1.92. The summed E-state index contributed by atoms with van der Waals surface area (Å²) < 4.78 is 0. The number of aliphatic hydroxyl groups is 5. The fourth-order valence-electron chi connectivity index (χ4n) is 7.74. The SMILES string of the molecule is CC(C)(O)CC[C@@H](O)[C@@](C)(O)[C@H]1C=CC2C3=CC(=O)C4C[C@@H](O)[C@@H](O)C[C@]4(C)C3CC[C@@]21C. The number of hydrogen-bond acceptors (Lipinski definition) is 6. The molecule has 6 nitrogen and oxygen atoms in total. The van der Waals surface area contributed by atoms with Crippen LogP contribution in [0, 0.1) is 34.5 Å².